The number of carbonyl (C=O) groups excluding carboxylic acids is 1. The number of hydrogen-bond donors (Lipinski definition) is 1. The van der Waals surface area contributed by atoms with Crippen LogP contribution in [0.2, 0.25) is 0 Å². The number of likely N-dealkylation sites (N-methyl/N-ethyl adjacent to an activating group) is 1. The molecule has 1 unspecified atom stereocenters. The normalized spacial score (nSPS) is 12.2. The van der Waals surface area contributed by atoms with E-state index in [1.54, 1.807) is 31.0 Å². The quantitative estimate of drug-likeness (QED) is 0.806. The van der Waals surface area contributed by atoms with Crippen molar-refractivity contribution >= 4 is 17.7 Å². The molecule has 1 rings (SSSR count). The van der Waals surface area contributed by atoms with Gasteiger partial charge in [-0.25, -0.2) is 4.39 Å². The summed E-state index contributed by atoms with van der Waals surface area (Å²) < 4.78 is 12.7. The summed E-state index contributed by atoms with van der Waals surface area (Å²) in [5.74, 6) is 0.394. The van der Waals surface area contributed by atoms with Gasteiger partial charge in [-0.05, 0) is 31.2 Å². The molecule has 0 saturated carbocycles. The molecular weight excluding hydrogens is 253 g/mol. The molecule has 0 aromatic heterocycles. The van der Waals surface area contributed by atoms with Crippen molar-refractivity contribution < 1.29 is 14.3 Å². The lowest BCUT2D eigenvalue weighted by molar-refractivity contribution is -0.131. The zero-order chi connectivity index (χ0) is 13.5. The van der Waals surface area contributed by atoms with Crippen LogP contribution < -0.4 is 0 Å². The molecule has 1 N–H and O–H groups in total. The zero-order valence-corrected chi connectivity index (χ0v) is 11.4. The monoisotopic (exact) mass is 271 g/mol. The standard InChI is InChI=1S/C13H18FNO2S/c1-10(9-16)15(2)13(17)7-8-18-12-5-3-11(14)4-6-12/h3-6,10,16H,7-9H2,1-2H3. The van der Waals surface area contributed by atoms with Crippen LogP contribution in [-0.4, -0.2) is 41.4 Å². The topological polar surface area (TPSA) is 40.5 Å². The van der Waals surface area contributed by atoms with E-state index in [0.717, 1.165) is 4.90 Å². The van der Waals surface area contributed by atoms with E-state index in [0.29, 0.717) is 12.2 Å². The highest BCUT2D eigenvalue weighted by molar-refractivity contribution is 7.99. The van der Waals surface area contributed by atoms with Crippen LogP contribution in [0.1, 0.15) is 13.3 Å². The van der Waals surface area contributed by atoms with Crippen molar-refractivity contribution in [2.45, 2.75) is 24.3 Å². The molecule has 3 nitrogen and oxygen atoms in total. The molecule has 0 fully saturated rings. The molecule has 0 saturated heterocycles. The number of amides is 1. The maximum absolute atomic E-state index is 12.7. The number of thioether (sulfide) groups is 1. The third-order valence-corrected chi connectivity index (χ3v) is 3.73. The van der Waals surface area contributed by atoms with Crippen LogP contribution in [0.4, 0.5) is 4.39 Å². The van der Waals surface area contributed by atoms with Crippen LogP contribution in [0.3, 0.4) is 0 Å². The van der Waals surface area contributed by atoms with E-state index in [9.17, 15) is 9.18 Å². The van der Waals surface area contributed by atoms with Gasteiger partial charge in [-0.2, -0.15) is 0 Å². The van der Waals surface area contributed by atoms with Crippen molar-refractivity contribution in [3.8, 4) is 0 Å². The summed E-state index contributed by atoms with van der Waals surface area (Å²) in [5.41, 5.74) is 0. The van der Waals surface area contributed by atoms with Crippen molar-refractivity contribution in [2.75, 3.05) is 19.4 Å². The Balaban J connectivity index is 2.33. The molecule has 0 aliphatic carbocycles. The minimum atomic E-state index is -0.257. The first-order chi connectivity index (χ1) is 8.54. The fraction of sp³-hybridized carbons (Fsp3) is 0.462. The number of rotatable bonds is 6. The molecule has 0 aliphatic heterocycles. The van der Waals surface area contributed by atoms with E-state index in [2.05, 4.69) is 0 Å². The fourth-order valence-electron chi connectivity index (χ4n) is 1.33. The summed E-state index contributed by atoms with van der Waals surface area (Å²) in [6.07, 6.45) is 0.406. The van der Waals surface area contributed by atoms with Crippen molar-refractivity contribution in [1.82, 2.24) is 4.90 Å². The van der Waals surface area contributed by atoms with Crippen LogP contribution in [0.5, 0.6) is 0 Å². The Morgan fingerprint density at radius 1 is 1.44 bits per heavy atom. The minimum absolute atomic E-state index is 0.00571. The predicted molar refractivity (Wildman–Crippen MR) is 71.1 cm³/mol. The molecule has 0 bridgehead atoms. The Morgan fingerprint density at radius 3 is 2.61 bits per heavy atom. The second-order valence-corrected chi connectivity index (χ2v) is 5.26. The molecule has 0 heterocycles. The summed E-state index contributed by atoms with van der Waals surface area (Å²) in [6.45, 7) is 1.76. The SMILES string of the molecule is CC(CO)N(C)C(=O)CCSc1ccc(F)cc1. The van der Waals surface area contributed by atoms with Crippen molar-refractivity contribution in [3.05, 3.63) is 30.1 Å². The third kappa shape index (κ3) is 4.66. The number of aliphatic hydroxyl groups is 1. The molecular formula is C13H18FNO2S. The number of halogens is 1. The highest BCUT2D eigenvalue weighted by Gasteiger charge is 2.14. The number of benzene rings is 1. The zero-order valence-electron chi connectivity index (χ0n) is 10.6. The first-order valence-electron chi connectivity index (χ1n) is 5.79. The third-order valence-electron chi connectivity index (χ3n) is 2.72. The van der Waals surface area contributed by atoms with Crippen molar-refractivity contribution in [3.63, 3.8) is 0 Å². The lowest BCUT2D eigenvalue weighted by Crippen LogP contribution is -2.37. The molecule has 1 atom stereocenters. The van der Waals surface area contributed by atoms with Gasteiger partial charge in [0.1, 0.15) is 5.82 Å². The first kappa shape index (κ1) is 15.0. The van der Waals surface area contributed by atoms with Gasteiger partial charge < -0.3 is 10.0 Å². The highest BCUT2D eigenvalue weighted by Crippen LogP contribution is 2.19. The highest BCUT2D eigenvalue weighted by atomic mass is 32.2. The maximum atomic E-state index is 12.7. The lowest BCUT2D eigenvalue weighted by Gasteiger charge is -2.23. The number of carbonyl (C=O) groups is 1. The largest absolute Gasteiger partial charge is 0.394 e. The van der Waals surface area contributed by atoms with Crippen LogP contribution in [0, 0.1) is 5.82 Å². The van der Waals surface area contributed by atoms with Gasteiger partial charge in [0.15, 0.2) is 0 Å². The molecule has 18 heavy (non-hydrogen) atoms. The van der Waals surface area contributed by atoms with E-state index in [1.807, 2.05) is 0 Å². The maximum Gasteiger partial charge on any atom is 0.223 e. The predicted octanol–water partition coefficient (Wildman–Crippen LogP) is 2.15. The van der Waals surface area contributed by atoms with Gasteiger partial charge in [-0.3, -0.25) is 4.79 Å². The molecule has 1 aromatic carbocycles. The molecule has 100 valence electrons. The Kier molecular flexibility index (Phi) is 6.15. The Labute approximate surface area is 111 Å². The molecule has 1 aromatic rings. The average molecular weight is 271 g/mol. The number of aliphatic hydroxyl groups excluding tert-OH is 1. The van der Waals surface area contributed by atoms with E-state index in [4.69, 9.17) is 5.11 Å². The van der Waals surface area contributed by atoms with Gasteiger partial charge >= 0.3 is 0 Å². The lowest BCUT2D eigenvalue weighted by atomic mass is 10.3. The van der Waals surface area contributed by atoms with Gasteiger partial charge in [-0.1, -0.05) is 0 Å². The van der Waals surface area contributed by atoms with Gasteiger partial charge in [0.2, 0.25) is 5.91 Å². The molecule has 0 aliphatic rings. The summed E-state index contributed by atoms with van der Waals surface area (Å²) >= 11 is 1.52. The molecule has 0 spiro atoms. The molecule has 0 radical (unpaired) electrons. The summed E-state index contributed by atoms with van der Waals surface area (Å²) in [4.78, 5) is 14.2. The summed E-state index contributed by atoms with van der Waals surface area (Å²) in [6, 6.07) is 6.05. The van der Waals surface area contributed by atoms with Crippen molar-refractivity contribution in [1.29, 1.82) is 0 Å². The average Bonchev–Trinajstić information content (AvgIpc) is 2.39. The van der Waals surface area contributed by atoms with Gasteiger partial charge in [0.05, 0.1) is 12.6 Å². The van der Waals surface area contributed by atoms with Crippen molar-refractivity contribution in [2.24, 2.45) is 0 Å². The smallest absolute Gasteiger partial charge is 0.223 e. The number of hydrogen-bond acceptors (Lipinski definition) is 3. The van der Waals surface area contributed by atoms with Crippen LogP contribution >= 0.6 is 11.8 Å². The van der Waals surface area contributed by atoms with Gasteiger partial charge in [0.25, 0.3) is 0 Å². The van der Waals surface area contributed by atoms with Gasteiger partial charge in [0, 0.05) is 24.1 Å². The van der Waals surface area contributed by atoms with Crippen LogP contribution in [0.15, 0.2) is 29.2 Å². The number of nitrogens with zero attached hydrogens (tertiary/aromatic N) is 1. The van der Waals surface area contributed by atoms with E-state index in [-0.39, 0.29) is 24.4 Å². The Bertz CT molecular complexity index is 383. The van der Waals surface area contributed by atoms with E-state index < -0.39 is 0 Å². The van der Waals surface area contributed by atoms with E-state index >= 15 is 0 Å². The molecule has 1 amide bonds. The Hall–Kier alpha value is -1.07. The Morgan fingerprint density at radius 2 is 2.06 bits per heavy atom. The van der Waals surface area contributed by atoms with Crippen LogP contribution in [0.25, 0.3) is 0 Å². The summed E-state index contributed by atoms with van der Waals surface area (Å²) in [7, 11) is 1.69. The fourth-order valence-corrected chi connectivity index (χ4v) is 2.17. The molecule has 5 heteroatoms. The second-order valence-electron chi connectivity index (χ2n) is 4.09. The first-order valence-corrected chi connectivity index (χ1v) is 6.78. The minimum Gasteiger partial charge on any atom is -0.394 e. The van der Waals surface area contributed by atoms with Crippen LogP contribution in [-0.2, 0) is 4.79 Å². The summed E-state index contributed by atoms with van der Waals surface area (Å²) in [5, 5.41) is 8.95. The van der Waals surface area contributed by atoms with Gasteiger partial charge in [-0.15, -0.1) is 11.8 Å². The second kappa shape index (κ2) is 7.38. The van der Waals surface area contributed by atoms with E-state index in [1.165, 1.54) is 23.9 Å².